The highest BCUT2D eigenvalue weighted by Gasteiger charge is 2.59. The summed E-state index contributed by atoms with van der Waals surface area (Å²) in [5.41, 5.74) is 1.42. The van der Waals surface area contributed by atoms with Crippen LogP contribution >= 0.6 is 12.4 Å². The number of piperidine rings is 1. The second-order valence-corrected chi connectivity index (χ2v) is 7.93. The average Bonchev–Trinajstić information content (AvgIpc) is 3.13. The van der Waals surface area contributed by atoms with Gasteiger partial charge < -0.3 is 19.7 Å². The summed E-state index contributed by atoms with van der Waals surface area (Å²) in [4.78, 5) is 15.4. The second kappa shape index (κ2) is 6.93. The highest BCUT2D eigenvalue weighted by Crippen LogP contribution is 2.60. The predicted molar refractivity (Wildman–Crippen MR) is 101 cm³/mol. The van der Waals surface area contributed by atoms with Crippen LogP contribution in [0.5, 0.6) is 11.5 Å². The molecule has 1 aromatic carbocycles. The molecule has 1 spiro atoms. The van der Waals surface area contributed by atoms with E-state index in [0.29, 0.717) is 24.5 Å². The lowest BCUT2D eigenvalue weighted by molar-refractivity contribution is -0.134. The van der Waals surface area contributed by atoms with E-state index in [0.717, 1.165) is 68.8 Å². The van der Waals surface area contributed by atoms with Crippen molar-refractivity contribution < 1.29 is 14.3 Å². The molecule has 2 unspecified atom stereocenters. The van der Waals surface area contributed by atoms with Crippen LogP contribution in [0.1, 0.15) is 43.7 Å². The molecule has 0 radical (unpaired) electrons. The van der Waals surface area contributed by atoms with Crippen LogP contribution in [0.15, 0.2) is 18.2 Å². The van der Waals surface area contributed by atoms with Crippen molar-refractivity contribution in [2.75, 3.05) is 32.8 Å². The molecule has 4 aliphatic rings. The Balaban J connectivity index is 0.00000168. The van der Waals surface area contributed by atoms with Gasteiger partial charge in [0.25, 0.3) is 0 Å². The van der Waals surface area contributed by atoms with E-state index < -0.39 is 0 Å². The summed E-state index contributed by atoms with van der Waals surface area (Å²) in [7, 11) is 0. The number of ether oxygens (including phenoxy) is 2. The number of hydrogen-bond donors (Lipinski definition) is 1. The van der Waals surface area contributed by atoms with Gasteiger partial charge in [0.2, 0.25) is 5.91 Å². The number of para-hydroxylation sites is 1. The number of nitrogens with zero attached hydrogens (tertiary/aromatic N) is 1. The van der Waals surface area contributed by atoms with Gasteiger partial charge in [-0.15, -0.1) is 12.4 Å². The molecule has 5 rings (SSSR count). The summed E-state index contributed by atoms with van der Waals surface area (Å²) in [5, 5.41) is 3.42. The largest absolute Gasteiger partial charge is 0.486 e. The fraction of sp³-hybridized carbons (Fsp3) is 0.650. The molecule has 0 aromatic heterocycles. The number of nitrogens with one attached hydrogen (secondary N) is 1. The Hall–Kier alpha value is -1.46. The molecular weight excluding hydrogens is 352 g/mol. The average molecular weight is 379 g/mol. The first-order valence-corrected chi connectivity index (χ1v) is 9.68. The van der Waals surface area contributed by atoms with Crippen molar-refractivity contribution in [2.24, 2.45) is 11.3 Å². The van der Waals surface area contributed by atoms with Crippen LogP contribution in [-0.4, -0.2) is 43.7 Å². The van der Waals surface area contributed by atoms with Crippen molar-refractivity contribution in [3.05, 3.63) is 23.8 Å². The van der Waals surface area contributed by atoms with E-state index in [4.69, 9.17) is 9.47 Å². The van der Waals surface area contributed by atoms with Gasteiger partial charge in [0.15, 0.2) is 11.5 Å². The van der Waals surface area contributed by atoms with Gasteiger partial charge in [-0.1, -0.05) is 12.1 Å². The van der Waals surface area contributed by atoms with Crippen LogP contribution in [0.4, 0.5) is 0 Å². The fourth-order valence-corrected chi connectivity index (χ4v) is 5.09. The molecule has 3 fully saturated rings. The van der Waals surface area contributed by atoms with E-state index in [1.54, 1.807) is 0 Å². The number of hydrogen-bond acceptors (Lipinski definition) is 4. The third kappa shape index (κ3) is 2.85. The van der Waals surface area contributed by atoms with Gasteiger partial charge in [0, 0.05) is 18.0 Å². The lowest BCUT2D eigenvalue weighted by Crippen LogP contribution is -2.36. The Bertz CT molecular complexity index is 690. The normalized spacial score (nSPS) is 28.5. The van der Waals surface area contributed by atoms with E-state index in [1.807, 2.05) is 12.1 Å². The summed E-state index contributed by atoms with van der Waals surface area (Å²) in [6, 6.07) is 6.24. The number of amides is 1. The van der Waals surface area contributed by atoms with Gasteiger partial charge in [-0.2, -0.15) is 0 Å². The molecule has 1 saturated carbocycles. The number of halogens is 1. The molecule has 2 atom stereocenters. The van der Waals surface area contributed by atoms with Gasteiger partial charge in [-0.25, -0.2) is 0 Å². The minimum atomic E-state index is 0. The zero-order chi connectivity index (χ0) is 16.9. The molecular formula is C20H27ClN2O3. The summed E-state index contributed by atoms with van der Waals surface area (Å²) in [6.45, 7) is 4.18. The van der Waals surface area contributed by atoms with Gasteiger partial charge in [-0.05, 0) is 56.7 Å². The lowest BCUT2D eigenvalue weighted by atomic mass is 9.91. The Morgan fingerprint density at radius 1 is 1.19 bits per heavy atom. The number of benzene rings is 1. The van der Waals surface area contributed by atoms with Crippen LogP contribution in [0.2, 0.25) is 0 Å². The zero-order valence-electron chi connectivity index (χ0n) is 15.0. The highest BCUT2D eigenvalue weighted by molar-refractivity contribution is 5.85. The predicted octanol–water partition coefficient (Wildman–Crippen LogP) is 2.93. The number of fused-ring (bicyclic) bond motifs is 1. The van der Waals surface area contributed by atoms with Crippen molar-refractivity contribution in [2.45, 2.75) is 38.1 Å². The van der Waals surface area contributed by atoms with E-state index in [9.17, 15) is 4.79 Å². The Labute approximate surface area is 160 Å². The highest BCUT2D eigenvalue weighted by atomic mass is 35.5. The molecule has 2 saturated heterocycles. The molecule has 6 heteroatoms. The van der Waals surface area contributed by atoms with E-state index in [1.165, 1.54) is 0 Å². The third-order valence-electron chi connectivity index (χ3n) is 6.58. The topological polar surface area (TPSA) is 50.8 Å². The van der Waals surface area contributed by atoms with Gasteiger partial charge >= 0.3 is 0 Å². The minimum absolute atomic E-state index is 0. The first-order chi connectivity index (χ1) is 12.3. The summed E-state index contributed by atoms with van der Waals surface area (Å²) < 4.78 is 11.6. The molecule has 142 valence electrons. The van der Waals surface area contributed by atoms with Crippen molar-refractivity contribution >= 4 is 18.3 Å². The molecule has 3 aliphatic heterocycles. The second-order valence-electron chi connectivity index (χ2n) is 7.93. The van der Waals surface area contributed by atoms with E-state index in [2.05, 4.69) is 16.3 Å². The molecule has 5 nitrogen and oxygen atoms in total. The Morgan fingerprint density at radius 2 is 2.00 bits per heavy atom. The van der Waals surface area contributed by atoms with Gasteiger partial charge in [-0.3, -0.25) is 4.79 Å². The molecule has 1 aliphatic carbocycles. The lowest BCUT2D eigenvalue weighted by Gasteiger charge is -2.30. The maximum atomic E-state index is 13.3. The molecule has 0 bridgehead atoms. The maximum absolute atomic E-state index is 13.3. The Kier molecular flexibility index (Phi) is 4.78. The van der Waals surface area contributed by atoms with E-state index >= 15 is 0 Å². The van der Waals surface area contributed by atoms with Crippen molar-refractivity contribution in [3.63, 3.8) is 0 Å². The Morgan fingerprint density at radius 3 is 2.85 bits per heavy atom. The fourth-order valence-electron chi connectivity index (χ4n) is 5.09. The van der Waals surface area contributed by atoms with Crippen molar-refractivity contribution in [3.8, 4) is 11.5 Å². The number of rotatable bonds is 2. The minimum Gasteiger partial charge on any atom is -0.486 e. The summed E-state index contributed by atoms with van der Waals surface area (Å²) in [6.07, 6.45) is 5.48. The first-order valence-electron chi connectivity index (χ1n) is 9.68. The number of likely N-dealkylation sites (tertiary alicyclic amines) is 1. The van der Waals surface area contributed by atoms with Crippen LogP contribution in [0.25, 0.3) is 0 Å². The van der Waals surface area contributed by atoms with E-state index in [-0.39, 0.29) is 24.4 Å². The third-order valence-corrected chi connectivity index (χ3v) is 6.58. The molecule has 1 amide bonds. The smallest absolute Gasteiger partial charge is 0.226 e. The first kappa shape index (κ1) is 17.9. The standard InChI is InChI=1S/C20H26N2O3.ClH/c23-19(15-13-20(15)6-8-21-9-7-20)22-10-2-4-16(22)14-3-1-5-17-18(14)25-12-11-24-17;/h1,3,5,15-16,21H,2,4,6-13H2;1H. The number of carbonyl (C=O) groups excluding carboxylic acids is 1. The number of carbonyl (C=O) groups is 1. The molecule has 1 N–H and O–H groups in total. The zero-order valence-corrected chi connectivity index (χ0v) is 15.9. The summed E-state index contributed by atoms with van der Waals surface area (Å²) in [5.74, 6) is 2.29. The van der Waals surface area contributed by atoms with Gasteiger partial charge in [0.05, 0.1) is 6.04 Å². The van der Waals surface area contributed by atoms with Gasteiger partial charge in [0.1, 0.15) is 13.2 Å². The van der Waals surface area contributed by atoms with Crippen LogP contribution in [-0.2, 0) is 4.79 Å². The van der Waals surface area contributed by atoms with Crippen LogP contribution < -0.4 is 14.8 Å². The SMILES string of the molecule is Cl.O=C(C1CC12CCNCC2)N1CCCC1c1cccc2c1OCCO2. The molecule has 26 heavy (non-hydrogen) atoms. The monoisotopic (exact) mass is 378 g/mol. The van der Waals surface area contributed by atoms with Crippen LogP contribution in [0.3, 0.4) is 0 Å². The van der Waals surface area contributed by atoms with Crippen molar-refractivity contribution in [1.82, 2.24) is 10.2 Å². The van der Waals surface area contributed by atoms with Crippen molar-refractivity contribution in [1.29, 1.82) is 0 Å². The van der Waals surface area contributed by atoms with Crippen LogP contribution in [0, 0.1) is 11.3 Å². The molecule has 3 heterocycles. The maximum Gasteiger partial charge on any atom is 0.226 e. The molecule has 1 aromatic rings. The quantitative estimate of drug-likeness (QED) is 0.859. The summed E-state index contributed by atoms with van der Waals surface area (Å²) >= 11 is 0.